The van der Waals surface area contributed by atoms with Crippen molar-refractivity contribution >= 4 is 11.9 Å². The van der Waals surface area contributed by atoms with E-state index in [2.05, 4.69) is 22.3 Å². The van der Waals surface area contributed by atoms with Crippen LogP contribution in [-0.2, 0) is 9.53 Å². The minimum atomic E-state index is -0.392. The minimum absolute atomic E-state index is 0.317. The number of fused-ring (bicyclic) bond motifs is 1. The summed E-state index contributed by atoms with van der Waals surface area (Å²) in [5, 5.41) is 7.43. The van der Waals surface area contributed by atoms with Crippen LogP contribution in [0.1, 0.15) is 51.6 Å². The lowest BCUT2D eigenvalue weighted by molar-refractivity contribution is -0.139. The number of ether oxygens (including phenoxy) is 2. The van der Waals surface area contributed by atoms with Crippen molar-refractivity contribution in [2.45, 2.75) is 46.1 Å². The summed E-state index contributed by atoms with van der Waals surface area (Å²) < 4.78 is 12.8. The Kier molecular flexibility index (Phi) is 6.11. The van der Waals surface area contributed by atoms with Gasteiger partial charge in [0.25, 0.3) is 0 Å². The summed E-state index contributed by atoms with van der Waals surface area (Å²) in [6, 6.07) is 7.39. The Balaban J connectivity index is 1.87. The molecule has 2 aromatic rings. The summed E-state index contributed by atoms with van der Waals surface area (Å²) in [7, 11) is 0. The van der Waals surface area contributed by atoms with Gasteiger partial charge in [0.1, 0.15) is 18.1 Å². The molecule has 3 rings (SSSR count). The Bertz CT molecular complexity index is 811. The monoisotopic (exact) mass is 370 g/mol. The highest BCUT2D eigenvalue weighted by Gasteiger charge is 2.34. The number of allylic oxidation sites excluding steroid dienone is 1. The third-order valence-corrected chi connectivity index (χ3v) is 4.50. The topological polar surface area (TPSA) is 78.3 Å². The van der Waals surface area contributed by atoms with E-state index in [4.69, 9.17) is 9.47 Å². The number of nitrogens with one attached hydrogen (secondary N) is 1. The lowest BCUT2D eigenvalue weighted by Gasteiger charge is -2.28. The number of unbranched alkanes of at least 4 members (excludes halogenated alkanes) is 2. The average molecular weight is 370 g/mol. The summed E-state index contributed by atoms with van der Waals surface area (Å²) in [5.74, 6) is 1.07. The largest absolute Gasteiger partial charge is 0.494 e. The van der Waals surface area contributed by atoms with E-state index < -0.39 is 6.04 Å². The Morgan fingerprint density at radius 3 is 2.70 bits per heavy atom. The van der Waals surface area contributed by atoms with Crippen LogP contribution in [-0.4, -0.2) is 33.9 Å². The number of benzene rings is 1. The van der Waals surface area contributed by atoms with Crippen LogP contribution in [0.25, 0.3) is 0 Å². The van der Waals surface area contributed by atoms with Crippen molar-refractivity contribution in [1.82, 2.24) is 14.8 Å². The van der Waals surface area contributed by atoms with Crippen LogP contribution in [0.5, 0.6) is 5.75 Å². The molecule has 0 amide bonds. The fourth-order valence-corrected chi connectivity index (χ4v) is 3.16. The molecular weight excluding hydrogens is 344 g/mol. The number of aromatic nitrogens is 3. The van der Waals surface area contributed by atoms with E-state index in [1.54, 1.807) is 11.6 Å². The first-order valence-electron chi connectivity index (χ1n) is 9.42. The first kappa shape index (κ1) is 18.9. The molecule has 27 heavy (non-hydrogen) atoms. The van der Waals surface area contributed by atoms with Gasteiger partial charge < -0.3 is 14.8 Å². The van der Waals surface area contributed by atoms with Crippen molar-refractivity contribution in [1.29, 1.82) is 0 Å². The molecule has 1 unspecified atom stereocenters. The lowest BCUT2D eigenvalue weighted by atomic mass is 9.96. The van der Waals surface area contributed by atoms with Crippen molar-refractivity contribution in [2.75, 3.05) is 18.5 Å². The van der Waals surface area contributed by atoms with Gasteiger partial charge in [-0.3, -0.25) is 0 Å². The third-order valence-electron chi connectivity index (χ3n) is 4.50. The van der Waals surface area contributed by atoms with Gasteiger partial charge in [0.05, 0.1) is 18.8 Å². The van der Waals surface area contributed by atoms with Gasteiger partial charge in [-0.05, 0) is 38.0 Å². The first-order valence-corrected chi connectivity index (χ1v) is 9.42. The molecule has 0 bridgehead atoms. The van der Waals surface area contributed by atoms with Crippen molar-refractivity contribution in [3.05, 3.63) is 47.4 Å². The zero-order chi connectivity index (χ0) is 19.2. The fraction of sp³-hybridized carbons (Fsp3) is 0.450. The highest BCUT2D eigenvalue weighted by Crippen LogP contribution is 2.35. The molecule has 0 radical (unpaired) electrons. The molecule has 1 aromatic carbocycles. The van der Waals surface area contributed by atoms with Crippen molar-refractivity contribution in [3.8, 4) is 5.75 Å². The second-order valence-electron chi connectivity index (χ2n) is 6.44. The van der Waals surface area contributed by atoms with Gasteiger partial charge in [0, 0.05) is 5.70 Å². The molecule has 7 heteroatoms. The molecule has 0 saturated heterocycles. The van der Waals surface area contributed by atoms with Crippen molar-refractivity contribution < 1.29 is 14.3 Å². The number of carbonyl (C=O) groups is 1. The van der Waals surface area contributed by atoms with Gasteiger partial charge >= 0.3 is 5.97 Å². The van der Waals surface area contributed by atoms with E-state index in [9.17, 15) is 4.79 Å². The Morgan fingerprint density at radius 1 is 1.22 bits per heavy atom. The maximum atomic E-state index is 12.6. The molecule has 144 valence electrons. The van der Waals surface area contributed by atoms with E-state index in [0.29, 0.717) is 24.7 Å². The third kappa shape index (κ3) is 4.13. The smallest absolute Gasteiger partial charge is 0.338 e. The van der Waals surface area contributed by atoms with Crippen LogP contribution in [0.15, 0.2) is 41.9 Å². The van der Waals surface area contributed by atoms with E-state index in [0.717, 1.165) is 29.9 Å². The highest BCUT2D eigenvalue weighted by molar-refractivity contribution is 5.92. The Morgan fingerprint density at radius 2 is 2.00 bits per heavy atom. The zero-order valence-corrected chi connectivity index (χ0v) is 16.1. The molecule has 0 aliphatic carbocycles. The first-order chi connectivity index (χ1) is 13.2. The van der Waals surface area contributed by atoms with Gasteiger partial charge in [-0.25, -0.2) is 9.48 Å². The predicted molar refractivity (Wildman–Crippen MR) is 103 cm³/mol. The second-order valence-corrected chi connectivity index (χ2v) is 6.44. The van der Waals surface area contributed by atoms with Crippen molar-refractivity contribution in [3.63, 3.8) is 0 Å². The average Bonchev–Trinajstić information content (AvgIpc) is 3.13. The molecule has 7 nitrogen and oxygen atoms in total. The Hall–Kier alpha value is -2.83. The van der Waals surface area contributed by atoms with E-state index in [1.807, 2.05) is 31.2 Å². The van der Waals surface area contributed by atoms with Gasteiger partial charge in [-0.15, -0.1) is 0 Å². The maximum absolute atomic E-state index is 12.6. The number of hydrogen-bond donors (Lipinski definition) is 1. The summed E-state index contributed by atoms with van der Waals surface area (Å²) in [6.45, 7) is 6.84. The van der Waals surface area contributed by atoms with Gasteiger partial charge in [-0.2, -0.15) is 10.1 Å². The summed E-state index contributed by atoms with van der Waals surface area (Å²) in [4.78, 5) is 16.8. The van der Waals surface area contributed by atoms with Crippen LogP contribution in [0.2, 0.25) is 0 Å². The number of carbonyl (C=O) groups excluding carboxylic acids is 1. The predicted octanol–water partition coefficient (Wildman–Crippen LogP) is 3.70. The van der Waals surface area contributed by atoms with Crippen LogP contribution < -0.4 is 10.1 Å². The number of rotatable bonds is 8. The van der Waals surface area contributed by atoms with Crippen LogP contribution >= 0.6 is 0 Å². The number of anilines is 1. The molecule has 1 atom stereocenters. The normalized spacial score (nSPS) is 15.9. The quantitative estimate of drug-likeness (QED) is 0.564. The van der Waals surface area contributed by atoms with Crippen LogP contribution in [0.4, 0.5) is 5.95 Å². The number of hydrogen-bond acceptors (Lipinski definition) is 6. The fourth-order valence-electron chi connectivity index (χ4n) is 3.16. The van der Waals surface area contributed by atoms with Gasteiger partial charge in [-0.1, -0.05) is 31.9 Å². The molecule has 0 saturated carbocycles. The molecule has 2 heterocycles. The second kappa shape index (κ2) is 8.70. The van der Waals surface area contributed by atoms with E-state index in [1.165, 1.54) is 12.7 Å². The molecule has 1 N–H and O–H groups in total. The molecule has 1 aliphatic rings. The standard InChI is InChI=1S/C20H26N4O3/c1-4-6-7-12-27-16-10-8-15(9-11-16)18-17(19(25)26-5-2)14(3)23-20-21-13-22-24(18)20/h8-11,13,18H,4-7,12H2,1-3H3,(H,21,22,23). The highest BCUT2D eigenvalue weighted by atomic mass is 16.5. The molecule has 1 aromatic heterocycles. The maximum Gasteiger partial charge on any atom is 0.338 e. The van der Waals surface area contributed by atoms with E-state index >= 15 is 0 Å². The van der Waals surface area contributed by atoms with Gasteiger partial charge in [0.2, 0.25) is 5.95 Å². The van der Waals surface area contributed by atoms with Crippen molar-refractivity contribution in [2.24, 2.45) is 0 Å². The SMILES string of the molecule is CCCCCOc1ccc(C2C(C(=O)OCC)=C(C)Nc3ncnn32)cc1. The summed E-state index contributed by atoms with van der Waals surface area (Å²) >= 11 is 0. The van der Waals surface area contributed by atoms with Gasteiger partial charge in [0.15, 0.2) is 0 Å². The number of nitrogens with zero attached hydrogens (tertiary/aromatic N) is 3. The summed E-state index contributed by atoms with van der Waals surface area (Å²) in [6.07, 6.45) is 4.85. The summed E-state index contributed by atoms with van der Waals surface area (Å²) in [5.41, 5.74) is 2.18. The molecule has 0 fully saturated rings. The lowest BCUT2D eigenvalue weighted by Crippen LogP contribution is -2.29. The van der Waals surface area contributed by atoms with Crippen LogP contribution in [0, 0.1) is 0 Å². The molecule has 0 spiro atoms. The zero-order valence-electron chi connectivity index (χ0n) is 16.1. The minimum Gasteiger partial charge on any atom is -0.494 e. The Labute approximate surface area is 159 Å². The number of esters is 1. The molecular formula is C20H26N4O3. The van der Waals surface area contributed by atoms with E-state index in [-0.39, 0.29) is 5.97 Å². The van der Waals surface area contributed by atoms with Crippen LogP contribution in [0.3, 0.4) is 0 Å². The molecule has 1 aliphatic heterocycles.